The highest BCUT2D eigenvalue weighted by Gasteiger charge is 2.27. The van der Waals surface area contributed by atoms with Crippen LogP contribution in [0.25, 0.3) is 10.9 Å². The first kappa shape index (κ1) is 13.8. The van der Waals surface area contributed by atoms with Crippen molar-refractivity contribution in [3.8, 4) is 0 Å². The van der Waals surface area contributed by atoms with Gasteiger partial charge in [0, 0.05) is 24.4 Å². The van der Waals surface area contributed by atoms with E-state index >= 15 is 0 Å². The van der Waals surface area contributed by atoms with Gasteiger partial charge in [0.1, 0.15) is 12.1 Å². The smallest absolute Gasteiger partial charge is 0.335 e. The van der Waals surface area contributed by atoms with E-state index in [0.717, 1.165) is 30.7 Å². The molecule has 1 aromatic heterocycles. The predicted molar refractivity (Wildman–Crippen MR) is 78.5 cm³/mol. The molecule has 2 atom stereocenters. The lowest BCUT2D eigenvalue weighted by Crippen LogP contribution is -2.24. The number of hydrogen-bond acceptors (Lipinski definition) is 5. The second kappa shape index (κ2) is 5.29. The first-order valence-electron chi connectivity index (χ1n) is 6.97. The zero-order chi connectivity index (χ0) is 15.0. The lowest BCUT2D eigenvalue weighted by atomic mass is 10.0. The fourth-order valence-electron chi connectivity index (χ4n) is 2.80. The van der Waals surface area contributed by atoms with Crippen LogP contribution >= 0.6 is 0 Å². The van der Waals surface area contributed by atoms with E-state index in [9.17, 15) is 9.90 Å². The van der Waals surface area contributed by atoms with Crippen LogP contribution in [0.15, 0.2) is 24.5 Å². The largest absolute Gasteiger partial charge is 0.478 e. The Bertz CT molecular complexity index is 687. The SMILES string of the molecule is CC(O)C1CCN(c2ncnc3cc(C(=O)O)ccc23)C1. The van der Waals surface area contributed by atoms with Crippen LogP contribution in [0.5, 0.6) is 0 Å². The molecule has 0 aliphatic carbocycles. The molecule has 1 aromatic carbocycles. The number of carboxylic acid groups (broad SMARTS) is 1. The van der Waals surface area contributed by atoms with Crippen LogP contribution < -0.4 is 4.90 Å². The number of aliphatic hydroxyl groups is 1. The van der Waals surface area contributed by atoms with Crippen molar-refractivity contribution in [2.24, 2.45) is 5.92 Å². The summed E-state index contributed by atoms with van der Waals surface area (Å²) in [6, 6.07) is 4.88. The van der Waals surface area contributed by atoms with Gasteiger partial charge in [-0.15, -0.1) is 0 Å². The van der Waals surface area contributed by atoms with Crippen LogP contribution in [0.3, 0.4) is 0 Å². The molecule has 0 amide bonds. The summed E-state index contributed by atoms with van der Waals surface area (Å²) in [4.78, 5) is 21.7. The third-order valence-corrected chi connectivity index (χ3v) is 4.07. The van der Waals surface area contributed by atoms with E-state index in [1.165, 1.54) is 6.33 Å². The number of aliphatic hydroxyl groups excluding tert-OH is 1. The van der Waals surface area contributed by atoms with Gasteiger partial charge in [0.2, 0.25) is 0 Å². The van der Waals surface area contributed by atoms with Crippen molar-refractivity contribution in [1.82, 2.24) is 9.97 Å². The number of anilines is 1. The number of rotatable bonds is 3. The van der Waals surface area contributed by atoms with Gasteiger partial charge in [0.15, 0.2) is 0 Å². The van der Waals surface area contributed by atoms with Gasteiger partial charge in [-0.2, -0.15) is 0 Å². The van der Waals surface area contributed by atoms with E-state index in [1.54, 1.807) is 18.2 Å². The number of nitrogens with zero attached hydrogens (tertiary/aromatic N) is 3. The van der Waals surface area contributed by atoms with Gasteiger partial charge in [-0.05, 0) is 31.5 Å². The molecular weight excluding hydrogens is 270 g/mol. The van der Waals surface area contributed by atoms with Crippen LogP contribution in [0.4, 0.5) is 5.82 Å². The average molecular weight is 287 g/mol. The molecule has 1 aliphatic rings. The third-order valence-electron chi connectivity index (χ3n) is 4.07. The van der Waals surface area contributed by atoms with E-state index in [4.69, 9.17) is 5.11 Å². The Morgan fingerprint density at radius 1 is 1.43 bits per heavy atom. The van der Waals surface area contributed by atoms with E-state index in [-0.39, 0.29) is 17.6 Å². The van der Waals surface area contributed by atoms with Crippen LogP contribution in [-0.4, -0.2) is 45.3 Å². The number of hydrogen-bond donors (Lipinski definition) is 2. The van der Waals surface area contributed by atoms with Crippen molar-refractivity contribution in [3.63, 3.8) is 0 Å². The number of aromatic nitrogens is 2. The van der Waals surface area contributed by atoms with Crippen LogP contribution in [0, 0.1) is 5.92 Å². The Hall–Kier alpha value is -2.21. The fraction of sp³-hybridized carbons (Fsp3) is 0.400. The van der Waals surface area contributed by atoms with Crippen LogP contribution in [0.2, 0.25) is 0 Å². The van der Waals surface area contributed by atoms with E-state index in [1.807, 2.05) is 6.92 Å². The van der Waals surface area contributed by atoms with Gasteiger partial charge in [-0.1, -0.05) is 0 Å². The molecule has 2 heterocycles. The topological polar surface area (TPSA) is 86.5 Å². The molecule has 0 radical (unpaired) electrons. The average Bonchev–Trinajstić information content (AvgIpc) is 2.95. The van der Waals surface area contributed by atoms with Crippen molar-refractivity contribution in [3.05, 3.63) is 30.1 Å². The molecule has 110 valence electrons. The summed E-state index contributed by atoms with van der Waals surface area (Å²) >= 11 is 0. The second-order valence-electron chi connectivity index (χ2n) is 5.47. The molecule has 0 spiro atoms. The molecule has 0 bridgehead atoms. The number of fused-ring (bicyclic) bond motifs is 1. The van der Waals surface area contributed by atoms with Crippen molar-refractivity contribution in [2.45, 2.75) is 19.4 Å². The Labute approximate surface area is 122 Å². The van der Waals surface area contributed by atoms with Gasteiger partial charge in [0.05, 0.1) is 17.2 Å². The summed E-state index contributed by atoms with van der Waals surface area (Å²) in [5, 5.41) is 19.6. The first-order chi connectivity index (χ1) is 10.1. The van der Waals surface area contributed by atoms with Crippen LogP contribution in [0.1, 0.15) is 23.7 Å². The highest BCUT2D eigenvalue weighted by atomic mass is 16.4. The summed E-state index contributed by atoms with van der Waals surface area (Å²) in [5.74, 6) is 0.0841. The summed E-state index contributed by atoms with van der Waals surface area (Å²) < 4.78 is 0. The monoisotopic (exact) mass is 287 g/mol. The minimum Gasteiger partial charge on any atom is -0.478 e. The van der Waals surface area contributed by atoms with Gasteiger partial charge in [0.25, 0.3) is 0 Å². The van der Waals surface area contributed by atoms with Crippen molar-refractivity contribution >= 4 is 22.7 Å². The second-order valence-corrected chi connectivity index (χ2v) is 5.47. The fourth-order valence-corrected chi connectivity index (χ4v) is 2.80. The van der Waals surface area contributed by atoms with Crippen LogP contribution in [-0.2, 0) is 0 Å². The Balaban J connectivity index is 1.98. The molecule has 1 saturated heterocycles. The van der Waals surface area contributed by atoms with Crippen molar-refractivity contribution in [1.29, 1.82) is 0 Å². The molecule has 2 unspecified atom stereocenters. The van der Waals surface area contributed by atoms with Crippen molar-refractivity contribution < 1.29 is 15.0 Å². The standard InChI is InChI=1S/C15H17N3O3/c1-9(19)11-4-5-18(7-11)14-12-3-2-10(15(20)21)6-13(12)16-8-17-14/h2-3,6,8-9,11,19H,4-5,7H2,1H3,(H,20,21). The first-order valence-corrected chi connectivity index (χ1v) is 6.97. The maximum Gasteiger partial charge on any atom is 0.335 e. The zero-order valence-corrected chi connectivity index (χ0v) is 11.7. The number of aromatic carboxylic acids is 1. The highest BCUT2D eigenvalue weighted by Crippen LogP contribution is 2.29. The quantitative estimate of drug-likeness (QED) is 0.890. The molecular formula is C15H17N3O3. The van der Waals surface area contributed by atoms with E-state index < -0.39 is 5.97 Å². The molecule has 1 aliphatic heterocycles. The lowest BCUT2D eigenvalue weighted by molar-refractivity contribution is 0.0697. The van der Waals surface area contributed by atoms with Gasteiger partial charge < -0.3 is 15.1 Å². The molecule has 6 nitrogen and oxygen atoms in total. The maximum absolute atomic E-state index is 11.0. The highest BCUT2D eigenvalue weighted by molar-refractivity contribution is 5.96. The molecule has 0 saturated carbocycles. The van der Waals surface area contributed by atoms with Gasteiger partial charge in [-0.25, -0.2) is 14.8 Å². The Morgan fingerprint density at radius 2 is 2.24 bits per heavy atom. The van der Waals surface area contributed by atoms with Gasteiger partial charge in [-0.3, -0.25) is 0 Å². The molecule has 2 N–H and O–H groups in total. The number of benzene rings is 1. The molecule has 1 fully saturated rings. The predicted octanol–water partition coefficient (Wildman–Crippen LogP) is 1.54. The van der Waals surface area contributed by atoms with Gasteiger partial charge >= 0.3 is 5.97 Å². The maximum atomic E-state index is 11.0. The normalized spacial score (nSPS) is 19.9. The zero-order valence-electron chi connectivity index (χ0n) is 11.7. The minimum atomic E-state index is -0.965. The Morgan fingerprint density at radius 3 is 2.90 bits per heavy atom. The lowest BCUT2D eigenvalue weighted by Gasteiger charge is -2.20. The van der Waals surface area contributed by atoms with Crippen molar-refractivity contribution in [2.75, 3.05) is 18.0 Å². The van der Waals surface area contributed by atoms with E-state index in [2.05, 4.69) is 14.9 Å². The number of carbonyl (C=O) groups is 1. The van der Waals surface area contributed by atoms with E-state index in [0.29, 0.717) is 5.52 Å². The molecule has 2 aromatic rings. The Kier molecular flexibility index (Phi) is 3.47. The molecule has 6 heteroatoms. The summed E-state index contributed by atoms with van der Waals surface area (Å²) in [7, 11) is 0. The third kappa shape index (κ3) is 2.54. The minimum absolute atomic E-state index is 0.218. The summed E-state index contributed by atoms with van der Waals surface area (Å²) in [5.41, 5.74) is 0.843. The summed E-state index contributed by atoms with van der Waals surface area (Å²) in [6.45, 7) is 3.40. The molecule has 21 heavy (non-hydrogen) atoms. The number of carboxylic acids is 1. The summed E-state index contributed by atoms with van der Waals surface area (Å²) in [6.07, 6.45) is 2.05. The molecule has 3 rings (SSSR count).